The molecule has 0 spiro atoms. The van der Waals surface area contributed by atoms with Crippen LogP contribution in [0.3, 0.4) is 0 Å². The summed E-state index contributed by atoms with van der Waals surface area (Å²) in [7, 11) is 0. The fraction of sp³-hybridized carbons (Fsp3) is 0.867. The standard InChI is InChI=1S/C15H26N2O3/c1-10-5-3-8-15(16,9-10)12(18)17-11-6-4-7-14(11,2)13(19)20/h10-11H,3-9,16H2,1-2H3,(H,17,18)(H,19,20). The lowest BCUT2D eigenvalue weighted by atomic mass is 9.76. The zero-order valence-corrected chi connectivity index (χ0v) is 12.4. The predicted molar refractivity (Wildman–Crippen MR) is 76.1 cm³/mol. The minimum absolute atomic E-state index is 0.163. The molecule has 2 fully saturated rings. The Kier molecular flexibility index (Phi) is 4.09. The quantitative estimate of drug-likeness (QED) is 0.734. The van der Waals surface area contributed by atoms with Crippen LogP contribution in [0.4, 0.5) is 0 Å². The molecule has 0 saturated heterocycles. The number of aliphatic carboxylic acids is 1. The van der Waals surface area contributed by atoms with Crippen molar-refractivity contribution in [3.63, 3.8) is 0 Å². The monoisotopic (exact) mass is 282 g/mol. The van der Waals surface area contributed by atoms with Crippen LogP contribution < -0.4 is 11.1 Å². The second-order valence-electron chi connectivity index (χ2n) is 7.00. The third kappa shape index (κ3) is 2.68. The average Bonchev–Trinajstić information content (AvgIpc) is 2.72. The molecule has 114 valence electrons. The maximum Gasteiger partial charge on any atom is 0.311 e. The molecule has 2 saturated carbocycles. The molecule has 0 aliphatic heterocycles. The van der Waals surface area contributed by atoms with E-state index in [1.165, 1.54) is 0 Å². The van der Waals surface area contributed by atoms with Crippen molar-refractivity contribution in [2.45, 2.75) is 70.4 Å². The van der Waals surface area contributed by atoms with Crippen LogP contribution >= 0.6 is 0 Å². The minimum Gasteiger partial charge on any atom is -0.481 e. The van der Waals surface area contributed by atoms with Crippen LogP contribution in [0.25, 0.3) is 0 Å². The Hall–Kier alpha value is -1.10. The third-order valence-corrected chi connectivity index (χ3v) is 5.24. The van der Waals surface area contributed by atoms with Gasteiger partial charge < -0.3 is 16.2 Å². The van der Waals surface area contributed by atoms with Gasteiger partial charge in [-0.2, -0.15) is 0 Å². The van der Waals surface area contributed by atoms with Gasteiger partial charge in [0.15, 0.2) is 0 Å². The molecular formula is C15H26N2O3. The molecular weight excluding hydrogens is 256 g/mol. The number of carbonyl (C=O) groups excluding carboxylic acids is 1. The van der Waals surface area contributed by atoms with Crippen LogP contribution in [0, 0.1) is 11.3 Å². The van der Waals surface area contributed by atoms with Gasteiger partial charge in [0.05, 0.1) is 11.0 Å². The molecule has 2 aliphatic rings. The maximum absolute atomic E-state index is 12.5. The van der Waals surface area contributed by atoms with E-state index in [1.54, 1.807) is 6.92 Å². The molecule has 2 rings (SSSR count). The Labute approximate surface area is 120 Å². The molecule has 5 heteroatoms. The van der Waals surface area contributed by atoms with Gasteiger partial charge in [-0.1, -0.05) is 26.2 Å². The molecule has 0 aromatic heterocycles. The summed E-state index contributed by atoms with van der Waals surface area (Å²) in [5, 5.41) is 12.3. The van der Waals surface area contributed by atoms with Crippen LogP contribution in [0.1, 0.15) is 58.8 Å². The third-order valence-electron chi connectivity index (χ3n) is 5.24. The van der Waals surface area contributed by atoms with E-state index >= 15 is 0 Å². The summed E-state index contributed by atoms with van der Waals surface area (Å²) in [6.45, 7) is 3.84. The first-order valence-electron chi connectivity index (χ1n) is 7.61. The Bertz CT molecular complexity index is 412. The van der Waals surface area contributed by atoms with Gasteiger partial charge in [-0.15, -0.1) is 0 Å². The van der Waals surface area contributed by atoms with Crippen LogP contribution in [0.2, 0.25) is 0 Å². The summed E-state index contributed by atoms with van der Waals surface area (Å²) >= 11 is 0. The highest BCUT2D eigenvalue weighted by Crippen LogP contribution is 2.39. The van der Waals surface area contributed by atoms with Gasteiger partial charge in [0.25, 0.3) is 0 Å². The molecule has 20 heavy (non-hydrogen) atoms. The number of carbonyl (C=O) groups is 2. The second kappa shape index (κ2) is 5.35. The SMILES string of the molecule is CC1CCCC(N)(C(=O)NC2CCCC2(C)C(=O)O)C1. The molecule has 1 amide bonds. The van der Waals surface area contributed by atoms with Gasteiger partial charge in [0.1, 0.15) is 0 Å². The topological polar surface area (TPSA) is 92.4 Å². The van der Waals surface area contributed by atoms with E-state index in [0.29, 0.717) is 25.2 Å². The Morgan fingerprint density at radius 1 is 1.25 bits per heavy atom. The van der Waals surface area contributed by atoms with E-state index in [1.807, 2.05) is 0 Å². The molecule has 4 atom stereocenters. The Morgan fingerprint density at radius 3 is 2.50 bits per heavy atom. The number of nitrogens with two attached hydrogens (primary N) is 1. The Morgan fingerprint density at radius 2 is 1.90 bits per heavy atom. The summed E-state index contributed by atoms with van der Waals surface area (Å²) in [4.78, 5) is 23.9. The van der Waals surface area contributed by atoms with Crippen LogP contribution in [0.15, 0.2) is 0 Å². The van der Waals surface area contributed by atoms with Crippen molar-refractivity contribution in [1.29, 1.82) is 0 Å². The molecule has 5 nitrogen and oxygen atoms in total. The smallest absolute Gasteiger partial charge is 0.311 e. The first kappa shape index (κ1) is 15.3. The number of amides is 1. The van der Waals surface area contributed by atoms with Crippen molar-refractivity contribution in [3.05, 3.63) is 0 Å². The van der Waals surface area contributed by atoms with E-state index in [4.69, 9.17) is 5.73 Å². The number of carboxylic acids is 1. The van der Waals surface area contributed by atoms with Gasteiger partial charge in [0, 0.05) is 6.04 Å². The summed E-state index contributed by atoms with van der Waals surface area (Å²) in [6.07, 6.45) is 5.63. The lowest BCUT2D eigenvalue weighted by molar-refractivity contribution is -0.149. The van der Waals surface area contributed by atoms with Crippen molar-refractivity contribution >= 4 is 11.9 Å². The molecule has 2 aliphatic carbocycles. The highest BCUT2D eigenvalue weighted by atomic mass is 16.4. The summed E-state index contributed by atoms with van der Waals surface area (Å²) in [6, 6.07) is -0.301. The van der Waals surface area contributed by atoms with Crippen molar-refractivity contribution < 1.29 is 14.7 Å². The van der Waals surface area contributed by atoms with Crippen LogP contribution in [0.5, 0.6) is 0 Å². The van der Waals surface area contributed by atoms with Gasteiger partial charge in [-0.3, -0.25) is 9.59 Å². The van der Waals surface area contributed by atoms with E-state index < -0.39 is 16.9 Å². The minimum atomic E-state index is -0.855. The zero-order chi connectivity index (χ0) is 15.0. The molecule has 0 bridgehead atoms. The van der Waals surface area contributed by atoms with Gasteiger partial charge in [0.2, 0.25) is 5.91 Å². The lowest BCUT2D eigenvalue weighted by Crippen LogP contribution is -2.60. The van der Waals surface area contributed by atoms with Gasteiger partial charge in [-0.05, 0) is 38.5 Å². The number of hydrogen-bond donors (Lipinski definition) is 3. The van der Waals surface area contributed by atoms with Gasteiger partial charge >= 0.3 is 5.97 Å². The van der Waals surface area contributed by atoms with Crippen molar-refractivity contribution in [3.8, 4) is 0 Å². The summed E-state index contributed by atoms with van der Waals surface area (Å²) in [5.41, 5.74) is 4.60. The highest BCUT2D eigenvalue weighted by Gasteiger charge is 2.48. The fourth-order valence-corrected chi connectivity index (χ4v) is 3.75. The summed E-state index contributed by atoms with van der Waals surface area (Å²) in [5.74, 6) is -0.541. The normalized spacial score (nSPS) is 41.4. The molecule has 0 aromatic rings. The van der Waals surface area contributed by atoms with E-state index in [-0.39, 0.29) is 11.9 Å². The van der Waals surface area contributed by atoms with E-state index in [2.05, 4.69) is 12.2 Å². The lowest BCUT2D eigenvalue weighted by Gasteiger charge is -2.37. The molecule has 4 unspecified atom stereocenters. The summed E-state index contributed by atoms with van der Waals surface area (Å²) < 4.78 is 0. The molecule has 0 heterocycles. The highest BCUT2D eigenvalue weighted by molar-refractivity contribution is 5.87. The molecule has 4 N–H and O–H groups in total. The van der Waals surface area contributed by atoms with E-state index in [9.17, 15) is 14.7 Å². The first-order chi connectivity index (χ1) is 9.28. The van der Waals surface area contributed by atoms with Crippen molar-refractivity contribution in [2.24, 2.45) is 17.1 Å². The maximum atomic E-state index is 12.5. The largest absolute Gasteiger partial charge is 0.481 e. The number of nitrogens with one attached hydrogen (secondary N) is 1. The average molecular weight is 282 g/mol. The van der Waals surface area contributed by atoms with Crippen LogP contribution in [-0.4, -0.2) is 28.6 Å². The molecule has 0 aromatic carbocycles. The number of rotatable bonds is 3. The van der Waals surface area contributed by atoms with Crippen LogP contribution in [-0.2, 0) is 9.59 Å². The molecule has 0 radical (unpaired) electrons. The Balaban J connectivity index is 2.06. The van der Waals surface area contributed by atoms with Crippen molar-refractivity contribution in [2.75, 3.05) is 0 Å². The zero-order valence-electron chi connectivity index (χ0n) is 12.4. The fourth-order valence-electron chi connectivity index (χ4n) is 3.75. The number of hydrogen-bond acceptors (Lipinski definition) is 3. The first-order valence-corrected chi connectivity index (χ1v) is 7.61. The van der Waals surface area contributed by atoms with Crippen molar-refractivity contribution in [1.82, 2.24) is 5.32 Å². The van der Waals surface area contributed by atoms with E-state index in [0.717, 1.165) is 25.7 Å². The van der Waals surface area contributed by atoms with Gasteiger partial charge in [-0.25, -0.2) is 0 Å². The predicted octanol–water partition coefficient (Wildman–Crippen LogP) is 1.65. The second-order valence-corrected chi connectivity index (χ2v) is 7.00. The number of carboxylic acid groups (broad SMARTS) is 1.